The Balaban J connectivity index is 1.28. The highest BCUT2D eigenvalue weighted by atomic mass is 16.2. The Labute approximate surface area is 181 Å². The predicted octanol–water partition coefficient (Wildman–Crippen LogP) is 1.57. The number of piperidine rings is 1. The number of nitrogens with one attached hydrogen (secondary N) is 2. The lowest BCUT2D eigenvalue weighted by Crippen LogP contribution is -2.52. The molecule has 1 unspecified atom stereocenters. The maximum absolute atomic E-state index is 13.0. The third-order valence-corrected chi connectivity index (χ3v) is 5.96. The van der Waals surface area contributed by atoms with Crippen LogP contribution in [0.1, 0.15) is 28.8 Å². The van der Waals surface area contributed by atoms with E-state index in [0.29, 0.717) is 29.9 Å². The molecule has 1 saturated heterocycles. The van der Waals surface area contributed by atoms with Crippen LogP contribution in [0.2, 0.25) is 0 Å². The maximum Gasteiger partial charge on any atom is 0.255 e. The van der Waals surface area contributed by atoms with Crippen molar-refractivity contribution in [2.75, 3.05) is 0 Å². The first-order valence-corrected chi connectivity index (χ1v) is 10.2. The van der Waals surface area contributed by atoms with Gasteiger partial charge in [0.25, 0.3) is 5.91 Å². The standard InChI is InChI=1S/C22H17N7O3/c30-20-4-3-19(21(31)25-20)28-10-12-1-2-14(8-15(12)22(28)32)29-11-18(26-27-29)13-7-17-16(24-9-13)5-6-23-17/h1-2,5-9,11,19,23H,3-4,10H2,(H,25,30,31). The molecule has 2 N–H and O–H groups in total. The van der Waals surface area contributed by atoms with E-state index in [9.17, 15) is 14.4 Å². The molecular formula is C22H17N7O3. The van der Waals surface area contributed by atoms with Crippen molar-refractivity contribution < 1.29 is 14.4 Å². The summed E-state index contributed by atoms with van der Waals surface area (Å²) in [5.74, 6) is -0.945. The Morgan fingerprint density at radius 1 is 1.09 bits per heavy atom. The molecule has 0 bridgehead atoms. The number of hydrogen-bond donors (Lipinski definition) is 2. The first-order valence-electron chi connectivity index (χ1n) is 10.2. The zero-order valence-corrected chi connectivity index (χ0v) is 16.8. The van der Waals surface area contributed by atoms with Gasteiger partial charge in [-0.05, 0) is 36.2 Å². The number of rotatable bonds is 3. The molecule has 2 aliphatic rings. The molecule has 0 saturated carbocycles. The van der Waals surface area contributed by atoms with Gasteiger partial charge in [-0.2, -0.15) is 0 Å². The van der Waals surface area contributed by atoms with Gasteiger partial charge in [0.15, 0.2) is 0 Å². The molecule has 1 atom stereocenters. The van der Waals surface area contributed by atoms with E-state index in [1.54, 1.807) is 23.1 Å². The van der Waals surface area contributed by atoms with Gasteiger partial charge in [-0.25, -0.2) is 4.68 Å². The number of fused-ring (bicyclic) bond motifs is 2. The molecule has 4 aromatic rings. The lowest BCUT2D eigenvalue weighted by molar-refractivity contribution is -0.136. The minimum Gasteiger partial charge on any atom is -0.360 e. The summed E-state index contributed by atoms with van der Waals surface area (Å²) in [6, 6.07) is 8.71. The molecule has 10 nitrogen and oxygen atoms in total. The molecule has 3 aromatic heterocycles. The average Bonchev–Trinajstić information content (AvgIpc) is 3.52. The molecule has 1 fully saturated rings. The zero-order chi connectivity index (χ0) is 21.8. The Kier molecular flexibility index (Phi) is 3.94. The number of aromatic amines is 1. The summed E-state index contributed by atoms with van der Waals surface area (Å²) in [4.78, 5) is 45.8. The van der Waals surface area contributed by atoms with Crippen molar-refractivity contribution in [2.45, 2.75) is 25.4 Å². The Hall–Kier alpha value is -4.34. The fourth-order valence-electron chi connectivity index (χ4n) is 4.28. The van der Waals surface area contributed by atoms with Gasteiger partial charge in [0.1, 0.15) is 11.7 Å². The van der Waals surface area contributed by atoms with Crippen molar-refractivity contribution in [3.63, 3.8) is 0 Å². The number of benzene rings is 1. The molecule has 0 aliphatic carbocycles. The number of imide groups is 1. The fourth-order valence-corrected chi connectivity index (χ4v) is 4.28. The third kappa shape index (κ3) is 2.88. The van der Waals surface area contributed by atoms with Gasteiger partial charge in [0.05, 0.1) is 22.9 Å². The molecule has 158 valence electrons. The highest BCUT2D eigenvalue weighted by Crippen LogP contribution is 2.29. The lowest BCUT2D eigenvalue weighted by Gasteiger charge is -2.29. The second-order valence-electron chi connectivity index (χ2n) is 7.92. The van der Waals surface area contributed by atoms with Crippen LogP contribution in [0.25, 0.3) is 28.0 Å². The Morgan fingerprint density at radius 2 is 2.00 bits per heavy atom. The molecule has 0 spiro atoms. The summed E-state index contributed by atoms with van der Waals surface area (Å²) in [6.07, 6.45) is 5.92. The van der Waals surface area contributed by atoms with Crippen molar-refractivity contribution in [1.29, 1.82) is 0 Å². The van der Waals surface area contributed by atoms with E-state index in [4.69, 9.17) is 0 Å². The van der Waals surface area contributed by atoms with Crippen LogP contribution in [-0.2, 0) is 16.1 Å². The second kappa shape index (κ2) is 6.84. The van der Waals surface area contributed by atoms with Crippen LogP contribution in [0.4, 0.5) is 0 Å². The summed E-state index contributed by atoms with van der Waals surface area (Å²) in [6.45, 7) is 0.338. The highest BCUT2D eigenvalue weighted by molar-refractivity contribution is 6.05. The number of H-pyrrole nitrogens is 1. The monoisotopic (exact) mass is 427 g/mol. The third-order valence-electron chi connectivity index (χ3n) is 5.96. The van der Waals surface area contributed by atoms with Crippen molar-refractivity contribution in [3.8, 4) is 16.9 Å². The number of nitrogens with zero attached hydrogens (tertiary/aromatic N) is 5. The molecular weight excluding hydrogens is 410 g/mol. The summed E-state index contributed by atoms with van der Waals surface area (Å²) >= 11 is 0. The van der Waals surface area contributed by atoms with E-state index in [-0.39, 0.29) is 18.2 Å². The van der Waals surface area contributed by atoms with Gasteiger partial charge in [0, 0.05) is 36.5 Å². The maximum atomic E-state index is 13.0. The number of aromatic nitrogens is 5. The molecule has 10 heteroatoms. The van der Waals surface area contributed by atoms with E-state index in [2.05, 4.69) is 25.6 Å². The van der Waals surface area contributed by atoms with Crippen molar-refractivity contribution in [1.82, 2.24) is 35.2 Å². The normalized spacial score (nSPS) is 18.3. The van der Waals surface area contributed by atoms with E-state index in [1.165, 1.54) is 4.90 Å². The highest BCUT2D eigenvalue weighted by Gasteiger charge is 2.39. The van der Waals surface area contributed by atoms with Crippen LogP contribution in [0.5, 0.6) is 0 Å². The van der Waals surface area contributed by atoms with E-state index < -0.39 is 11.9 Å². The molecule has 32 heavy (non-hydrogen) atoms. The summed E-state index contributed by atoms with van der Waals surface area (Å²) in [7, 11) is 0. The van der Waals surface area contributed by atoms with Crippen LogP contribution < -0.4 is 5.32 Å². The molecule has 1 aromatic carbocycles. The Morgan fingerprint density at radius 3 is 2.88 bits per heavy atom. The SMILES string of the molecule is O=C1CCC(N2Cc3ccc(-n4cc(-c5cnc6cc[nH]c6c5)nn4)cc3C2=O)C(=O)N1. The van der Waals surface area contributed by atoms with Crippen LogP contribution in [-0.4, -0.2) is 53.6 Å². The fraction of sp³-hybridized carbons (Fsp3) is 0.182. The molecule has 6 rings (SSSR count). The first-order chi connectivity index (χ1) is 15.6. The predicted molar refractivity (Wildman–Crippen MR) is 112 cm³/mol. The van der Waals surface area contributed by atoms with E-state index in [0.717, 1.165) is 22.2 Å². The van der Waals surface area contributed by atoms with Gasteiger partial charge in [0.2, 0.25) is 11.8 Å². The van der Waals surface area contributed by atoms with E-state index in [1.807, 2.05) is 30.5 Å². The van der Waals surface area contributed by atoms with Crippen LogP contribution in [0.15, 0.2) is 48.9 Å². The second-order valence-corrected chi connectivity index (χ2v) is 7.92. The van der Waals surface area contributed by atoms with Gasteiger partial charge in [-0.3, -0.25) is 24.7 Å². The number of carbonyl (C=O) groups is 3. The number of amides is 3. The summed E-state index contributed by atoms with van der Waals surface area (Å²) in [5, 5.41) is 10.8. The van der Waals surface area contributed by atoms with Crippen molar-refractivity contribution in [3.05, 3.63) is 60.0 Å². The van der Waals surface area contributed by atoms with Crippen LogP contribution in [0, 0.1) is 0 Å². The number of pyridine rings is 1. The minimum absolute atomic E-state index is 0.224. The van der Waals surface area contributed by atoms with Crippen LogP contribution >= 0.6 is 0 Å². The Bertz CT molecular complexity index is 1420. The minimum atomic E-state index is -0.635. The smallest absolute Gasteiger partial charge is 0.255 e. The van der Waals surface area contributed by atoms with Crippen molar-refractivity contribution >= 4 is 28.8 Å². The quantitative estimate of drug-likeness (QED) is 0.478. The van der Waals surface area contributed by atoms with Crippen molar-refractivity contribution in [2.24, 2.45) is 0 Å². The summed E-state index contributed by atoms with van der Waals surface area (Å²) in [5.41, 5.74) is 5.32. The van der Waals surface area contributed by atoms with Gasteiger partial charge >= 0.3 is 0 Å². The average molecular weight is 427 g/mol. The molecule has 2 aliphatic heterocycles. The topological polar surface area (TPSA) is 126 Å². The summed E-state index contributed by atoms with van der Waals surface area (Å²) < 4.78 is 1.61. The number of carbonyl (C=O) groups excluding carboxylic acids is 3. The van der Waals surface area contributed by atoms with Crippen LogP contribution in [0.3, 0.4) is 0 Å². The molecule has 5 heterocycles. The zero-order valence-electron chi connectivity index (χ0n) is 16.8. The molecule has 0 radical (unpaired) electrons. The van der Waals surface area contributed by atoms with E-state index >= 15 is 0 Å². The van der Waals surface area contributed by atoms with Gasteiger partial charge in [-0.1, -0.05) is 11.3 Å². The van der Waals surface area contributed by atoms with Gasteiger partial charge in [-0.15, -0.1) is 5.10 Å². The van der Waals surface area contributed by atoms with Gasteiger partial charge < -0.3 is 9.88 Å². The lowest BCUT2D eigenvalue weighted by atomic mass is 10.0. The number of hydrogen-bond acceptors (Lipinski definition) is 6. The molecule has 3 amide bonds. The largest absolute Gasteiger partial charge is 0.360 e. The first kappa shape index (κ1) is 18.4.